The van der Waals surface area contributed by atoms with Crippen LogP contribution >= 0.6 is 11.8 Å². The Balaban J connectivity index is 1.88. The maximum Gasteiger partial charge on any atom is 0.0580 e. The summed E-state index contributed by atoms with van der Waals surface area (Å²) in [6, 6.07) is 0.664. The SMILES string of the molecule is CCCC1CCC(O)C(CN2CCSC(C)C2C)C1. The molecule has 1 aliphatic carbocycles. The monoisotopic (exact) mass is 285 g/mol. The van der Waals surface area contributed by atoms with Gasteiger partial charge in [-0.05, 0) is 38.0 Å². The first-order valence-corrected chi connectivity index (χ1v) is 9.20. The maximum atomic E-state index is 10.3. The minimum absolute atomic E-state index is 0.0507. The van der Waals surface area contributed by atoms with Crippen LogP contribution in [-0.4, -0.2) is 46.2 Å². The van der Waals surface area contributed by atoms with Crippen molar-refractivity contribution in [2.24, 2.45) is 11.8 Å². The van der Waals surface area contributed by atoms with E-state index >= 15 is 0 Å². The molecule has 19 heavy (non-hydrogen) atoms. The van der Waals surface area contributed by atoms with Crippen molar-refractivity contribution in [3.63, 3.8) is 0 Å². The van der Waals surface area contributed by atoms with Gasteiger partial charge in [0.25, 0.3) is 0 Å². The van der Waals surface area contributed by atoms with Gasteiger partial charge in [-0.3, -0.25) is 4.90 Å². The maximum absolute atomic E-state index is 10.3. The third kappa shape index (κ3) is 4.12. The van der Waals surface area contributed by atoms with Gasteiger partial charge in [-0.2, -0.15) is 11.8 Å². The molecule has 3 heteroatoms. The lowest BCUT2D eigenvalue weighted by Gasteiger charge is -2.42. The van der Waals surface area contributed by atoms with E-state index in [0.717, 1.165) is 24.1 Å². The van der Waals surface area contributed by atoms with Gasteiger partial charge >= 0.3 is 0 Å². The van der Waals surface area contributed by atoms with E-state index in [1.54, 1.807) is 0 Å². The molecule has 0 bridgehead atoms. The van der Waals surface area contributed by atoms with E-state index in [2.05, 4.69) is 37.4 Å². The fourth-order valence-electron chi connectivity index (χ4n) is 3.77. The second-order valence-electron chi connectivity index (χ2n) is 6.61. The normalized spacial score (nSPS) is 41.4. The summed E-state index contributed by atoms with van der Waals surface area (Å²) >= 11 is 2.10. The van der Waals surface area contributed by atoms with E-state index in [9.17, 15) is 5.11 Å². The third-order valence-electron chi connectivity index (χ3n) is 5.23. The van der Waals surface area contributed by atoms with Gasteiger partial charge in [0.1, 0.15) is 0 Å². The van der Waals surface area contributed by atoms with Gasteiger partial charge in [-0.25, -0.2) is 0 Å². The number of nitrogens with zero attached hydrogens (tertiary/aromatic N) is 1. The lowest BCUT2D eigenvalue weighted by Crippen LogP contribution is -2.49. The van der Waals surface area contributed by atoms with Crippen LogP contribution in [0.15, 0.2) is 0 Å². The van der Waals surface area contributed by atoms with E-state index in [-0.39, 0.29) is 6.10 Å². The quantitative estimate of drug-likeness (QED) is 0.856. The number of hydrogen-bond acceptors (Lipinski definition) is 3. The lowest BCUT2D eigenvalue weighted by molar-refractivity contribution is 0.0193. The molecule has 0 aromatic rings. The van der Waals surface area contributed by atoms with Crippen LogP contribution < -0.4 is 0 Å². The Labute approximate surface area is 123 Å². The summed E-state index contributed by atoms with van der Waals surface area (Å²) in [5.41, 5.74) is 0. The Bertz CT molecular complexity index is 273. The van der Waals surface area contributed by atoms with Crippen molar-refractivity contribution in [3.05, 3.63) is 0 Å². The van der Waals surface area contributed by atoms with Crippen molar-refractivity contribution >= 4 is 11.8 Å². The third-order valence-corrected chi connectivity index (χ3v) is 6.57. The Morgan fingerprint density at radius 3 is 2.79 bits per heavy atom. The van der Waals surface area contributed by atoms with Crippen LogP contribution in [-0.2, 0) is 0 Å². The molecule has 0 aromatic carbocycles. The van der Waals surface area contributed by atoms with Crippen molar-refractivity contribution in [1.29, 1.82) is 0 Å². The first kappa shape index (κ1) is 15.7. The molecule has 2 fully saturated rings. The number of hydrogen-bond donors (Lipinski definition) is 1. The predicted octanol–water partition coefficient (Wildman–Crippen LogP) is 3.39. The zero-order valence-electron chi connectivity index (χ0n) is 12.8. The molecule has 1 saturated carbocycles. The summed E-state index contributed by atoms with van der Waals surface area (Å²) in [5.74, 6) is 2.64. The first-order chi connectivity index (χ1) is 9.11. The predicted molar refractivity (Wildman–Crippen MR) is 84.7 cm³/mol. The van der Waals surface area contributed by atoms with Gasteiger partial charge < -0.3 is 5.11 Å². The van der Waals surface area contributed by atoms with E-state index in [1.165, 1.54) is 38.0 Å². The Morgan fingerprint density at radius 1 is 1.26 bits per heavy atom. The van der Waals surface area contributed by atoms with Gasteiger partial charge in [0, 0.05) is 30.1 Å². The van der Waals surface area contributed by atoms with Crippen LogP contribution in [0.25, 0.3) is 0 Å². The molecule has 0 aromatic heterocycles. The molecule has 5 unspecified atom stereocenters. The van der Waals surface area contributed by atoms with Crippen molar-refractivity contribution in [2.45, 2.75) is 70.3 Å². The van der Waals surface area contributed by atoms with Crippen molar-refractivity contribution < 1.29 is 5.11 Å². The topological polar surface area (TPSA) is 23.5 Å². The fourth-order valence-corrected chi connectivity index (χ4v) is 4.93. The van der Waals surface area contributed by atoms with Gasteiger partial charge in [-0.15, -0.1) is 0 Å². The molecule has 0 radical (unpaired) electrons. The van der Waals surface area contributed by atoms with Gasteiger partial charge in [0.05, 0.1) is 6.10 Å². The van der Waals surface area contributed by atoms with E-state index < -0.39 is 0 Å². The van der Waals surface area contributed by atoms with Gasteiger partial charge in [-0.1, -0.05) is 26.7 Å². The number of thioether (sulfide) groups is 1. The molecule has 1 saturated heterocycles. The zero-order valence-corrected chi connectivity index (χ0v) is 13.7. The van der Waals surface area contributed by atoms with Gasteiger partial charge in [0.15, 0.2) is 0 Å². The van der Waals surface area contributed by atoms with Crippen LogP contribution in [0, 0.1) is 11.8 Å². The highest BCUT2D eigenvalue weighted by Gasteiger charge is 2.33. The summed E-state index contributed by atoms with van der Waals surface area (Å²) in [4.78, 5) is 2.63. The Morgan fingerprint density at radius 2 is 2.05 bits per heavy atom. The Kier molecular flexibility index (Phi) is 6.04. The van der Waals surface area contributed by atoms with E-state index in [0.29, 0.717) is 12.0 Å². The highest BCUT2D eigenvalue weighted by atomic mass is 32.2. The van der Waals surface area contributed by atoms with Crippen molar-refractivity contribution in [3.8, 4) is 0 Å². The molecule has 2 nitrogen and oxygen atoms in total. The number of aliphatic hydroxyl groups excluding tert-OH is 1. The van der Waals surface area contributed by atoms with Crippen LogP contribution in [0.1, 0.15) is 52.9 Å². The molecule has 1 heterocycles. The summed E-state index contributed by atoms with van der Waals surface area (Å²) in [7, 11) is 0. The molecule has 1 aliphatic heterocycles. The summed E-state index contributed by atoms with van der Waals surface area (Å²) < 4.78 is 0. The summed E-state index contributed by atoms with van der Waals surface area (Å²) in [6.45, 7) is 9.31. The van der Waals surface area contributed by atoms with Crippen LogP contribution in [0.5, 0.6) is 0 Å². The summed E-state index contributed by atoms with van der Waals surface area (Å²) in [5, 5.41) is 11.0. The van der Waals surface area contributed by atoms with Crippen LogP contribution in [0.3, 0.4) is 0 Å². The molecule has 2 aliphatic rings. The molecule has 1 N–H and O–H groups in total. The minimum Gasteiger partial charge on any atom is -0.393 e. The molecule has 5 atom stereocenters. The molecule has 0 amide bonds. The molecule has 2 rings (SSSR count). The fraction of sp³-hybridized carbons (Fsp3) is 1.00. The average molecular weight is 285 g/mol. The minimum atomic E-state index is -0.0507. The smallest absolute Gasteiger partial charge is 0.0580 e. The first-order valence-electron chi connectivity index (χ1n) is 8.15. The van der Waals surface area contributed by atoms with E-state index in [1.807, 2.05) is 0 Å². The summed E-state index contributed by atoms with van der Waals surface area (Å²) in [6.07, 6.45) is 6.12. The van der Waals surface area contributed by atoms with Crippen molar-refractivity contribution in [1.82, 2.24) is 4.90 Å². The average Bonchev–Trinajstić information content (AvgIpc) is 2.39. The molecule has 0 spiro atoms. The van der Waals surface area contributed by atoms with Gasteiger partial charge in [0.2, 0.25) is 0 Å². The standard InChI is InChI=1S/C16H31NOS/c1-4-5-14-6-7-16(18)15(10-14)11-17-8-9-19-13(3)12(17)2/h12-16,18H,4-11H2,1-3H3. The second kappa shape index (κ2) is 7.33. The lowest BCUT2D eigenvalue weighted by atomic mass is 9.77. The molecular weight excluding hydrogens is 254 g/mol. The highest BCUT2D eigenvalue weighted by Crippen LogP contribution is 2.34. The Hall–Kier alpha value is 0.270. The van der Waals surface area contributed by atoms with Crippen LogP contribution in [0.2, 0.25) is 0 Å². The van der Waals surface area contributed by atoms with Crippen LogP contribution in [0.4, 0.5) is 0 Å². The highest BCUT2D eigenvalue weighted by molar-refractivity contribution is 8.00. The largest absolute Gasteiger partial charge is 0.393 e. The van der Waals surface area contributed by atoms with E-state index in [4.69, 9.17) is 0 Å². The zero-order chi connectivity index (χ0) is 13.8. The van der Waals surface area contributed by atoms with Crippen molar-refractivity contribution in [2.75, 3.05) is 18.8 Å². The second-order valence-corrected chi connectivity index (χ2v) is 8.09. The number of rotatable bonds is 4. The number of aliphatic hydroxyl groups is 1. The molecule has 112 valence electrons. The molecular formula is C16H31NOS.